The van der Waals surface area contributed by atoms with Crippen molar-refractivity contribution in [3.05, 3.63) is 93.7 Å². The summed E-state index contributed by atoms with van der Waals surface area (Å²) in [5.74, 6) is -0.472. The lowest BCUT2D eigenvalue weighted by Gasteiger charge is -2.12. The molecule has 0 bridgehead atoms. The van der Waals surface area contributed by atoms with Crippen molar-refractivity contribution in [2.24, 2.45) is 0 Å². The van der Waals surface area contributed by atoms with E-state index in [4.69, 9.17) is 11.6 Å². The Hall–Kier alpha value is -2.63. The van der Waals surface area contributed by atoms with Crippen LogP contribution >= 0.6 is 22.9 Å². The van der Waals surface area contributed by atoms with Crippen molar-refractivity contribution in [3.8, 4) is 0 Å². The smallest absolute Gasteiger partial charge is 0.268 e. The number of thiophene rings is 1. The van der Waals surface area contributed by atoms with E-state index in [1.807, 2.05) is 46.3 Å². The van der Waals surface area contributed by atoms with E-state index in [-0.39, 0.29) is 11.7 Å². The number of aromatic nitrogens is 1. The number of halogens is 2. The summed E-state index contributed by atoms with van der Waals surface area (Å²) in [6.45, 7) is 0.768. The lowest BCUT2D eigenvalue weighted by Crippen LogP contribution is -2.25. The summed E-state index contributed by atoms with van der Waals surface area (Å²) in [5.41, 5.74) is 3.18. The van der Waals surface area contributed by atoms with E-state index in [1.165, 1.54) is 12.1 Å². The number of rotatable bonds is 5. The van der Waals surface area contributed by atoms with Gasteiger partial charge in [-0.2, -0.15) is 0 Å². The molecule has 0 aliphatic rings. The highest BCUT2D eigenvalue weighted by molar-refractivity contribution is 7.17. The van der Waals surface area contributed by atoms with Crippen LogP contribution in [-0.4, -0.2) is 10.5 Å². The SMILES string of the molecule is O=C(NCc1ccccc1Cl)c1cc2sccc2n1Cc1cccc(F)c1. The Bertz CT molecular complexity index is 1120. The Morgan fingerprint density at radius 3 is 2.78 bits per heavy atom. The van der Waals surface area contributed by atoms with Gasteiger partial charge in [0.2, 0.25) is 0 Å². The molecule has 4 aromatic rings. The highest BCUT2D eigenvalue weighted by Crippen LogP contribution is 2.26. The maximum Gasteiger partial charge on any atom is 0.268 e. The fourth-order valence-electron chi connectivity index (χ4n) is 3.06. The average Bonchev–Trinajstić information content (AvgIpc) is 3.24. The summed E-state index contributed by atoms with van der Waals surface area (Å²) in [7, 11) is 0. The molecule has 1 N–H and O–H groups in total. The third kappa shape index (κ3) is 3.75. The highest BCUT2D eigenvalue weighted by Gasteiger charge is 2.17. The zero-order valence-electron chi connectivity index (χ0n) is 14.3. The molecule has 1 amide bonds. The number of fused-ring (bicyclic) bond motifs is 1. The molecule has 27 heavy (non-hydrogen) atoms. The molecule has 4 rings (SSSR count). The van der Waals surface area contributed by atoms with Crippen LogP contribution in [0.2, 0.25) is 5.02 Å². The third-order valence-electron chi connectivity index (χ3n) is 4.38. The highest BCUT2D eigenvalue weighted by atomic mass is 35.5. The molecular formula is C21H16ClFN2OS. The van der Waals surface area contributed by atoms with E-state index in [1.54, 1.807) is 23.5 Å². The van der Waals surface area contributed by atoms with Gasteiger partial charge in [0.05, 0.1) is 10.2 Å². The summed E-state index contributed by atoms with van der Waals surface area (Å²) in [5, 5.41) is 5.53. The second-order valence-corrected chi connectivity index (χ2v) is 7.54. The number of hydrogen-bond donors (Lipinski definition) is 1. The molecule has 0 saturated carbocycles. The lowest BCUT2D eigenvalue weighted by molar-refractivity contribution is 0.0942. The van der Waals surface area contributed by atoms with Crippen molar-refractivity contribution in [2.45, 2.75) is 13.1 Å². The van der Waals surface area contributed by atoms with Crippen LogP contribution in [0.4, 0.5) is 4.39 Å². The number of carbonyl (C=O) groups excluding carboxylic acids is 1. The summed E-state index contributed by atoms with van der Waals surface area (Å²) in [4.78, 5) is 12.8. The van der Waals surface area contributed by atoms with Crippen molar-refractivity contribution in [1.29, 1.82) is 0 Å². The number of nitrogens with zero attached hydrogens (tertiary/aromatic N) is 1. The zero-order valence-corrected chi connectivity index (χ0v) is 15.9. The normalized spacial score (nSPS) is 11.0. The minimum Gasteiger partial charge on any atom is -0.347 e. The largest absolute Gasteiger partial charge is 0.347 e. The Labute approximate surface area is 165 Å². The number of nitrogens with one attached hydrogen (secondary N) is 1. The first-order valence-electron chi connectivity index (χ1n) is 8.44. The van der Waals surface area contributed by atoms with Crippen LogP contribution in [0.15, 0.2) is 66.0 Å². The van der Waals surface area contributed by atoms with Crippen molar-refractivity contribution in [3.63, 3.8) is 0 Å². The first-order chi connectivity index (χ1) is 13.1. The molecule has 0 unspecified atom stereocenters. The quantitative estimate of drug-likeness (QED) is 0.475. The average molecular weight is 399 g/mol. The van der Waals surface area contributed by atoms with Gasteiger partial charge in [0, 0.05) is 18.1 Å². The molecule has 0 fully saturated rings. The maximum atomic E-state index is 13.6. The monoisotopic (exact) mass is 398 g/mol. The van der Waals surface area contributed by atoms with Crippen LogP contribution in [0.5, 0.6) is 0 Å². The second kappa shape index (κ2) is 7.55. The molecule has 6 heteroatoms. The van der Waals surface area contributed by atoms with Crippen LogP contribution in [0.3, 0.4) is 0 Å². The van der Waals surface area contributed by atoms with E-state index in [9.17, 15) is 9.18 Å². The number of benzene rings is 2. The molecule has 2 aromatic heterocycles. The molecule has 3 nitrogen and oxygen atoms in total. The topological polar surface area (TPSA) is 34.0 Å². The van der Waals surface area contributed by atoms with Gasteiger partial charge in [-0.25, -0.2) is 4.39 Å². The fourth-order valence-corrected chi connectivity index (χ4v) is 4.09. The van der Waals surface area contributed by atoms with E-state index in [2.05, 4.69) is 5.32 Å². The number of hydrogen-bond acceptors (Lipinski definition) is 2. The van der Waals surface area contributed by atoms with E-state index >= 15 is 0 Å². The van der Waals surface area contributed by atoms with Gasteiger partial charge < -0.3 is 9.88 Å². The van der Waals surface area contributed by atoms with Crippen LogP contribution in [-0.2, 0) is 13.1 Å². The third-order valence-corrected chi connectivity index (χ3v) is 5.60. The van der Waals surface area contributed by atoms with Gasteiger partial charge in [0.25, 0.3) is 5.91 Å². The Morgan fingerprint density at radius 1 is 1.11 bits per heavy atom. The number of carbonyl (C=O) groups is 1. The van der Waals surface area contributed by atoms with E-state index < -0.39 is 0 Å². The van der Waals surface area contributed by atoms with Gasteiger partial charge in [-0.15, -0.1) is 11.3 Å². The molecule has 0 radical (unpaired) electrons. The Morgan fingerprint density at radius 2 is 1.96 bits per heavy atom. The van der Waals surface area contributed by atoms with E-state index in [0.29, 0.717) is 23.8 Å². The molecule has 0 aliphatic heterocycles. The van der Waals surface area contributed by atoms with Crippen LogP contribution in [0.25, 0.3) is 10.2 Å². The van der Waals surface area contributed by atoms with Gasteiger partial charge in [0.1, 0.15) is 11.5 Å². The summed E-state index contributed by atoms with van der Waals surface area (Å²) >= 11 is 7.74. The first kappa shape index (κ1) is 17.8. The van der Waals surface area contributed by atoms with Gasteiger partial charge in [-0.05, 0) is 46.8 Å². The molecule has 0 aliphatic carbocycles. The fraction of sp³-hybridized carbons (Fsp3) is 0.0952. The predicted octanol–water partition coefficient (Wildman–Crippen LogP) is 5.47. The van der Waals surface area contributed by atoms with Crippen molar-refractivity contribution >= 4 is 39.1 Å². The van der Waals surface area contributed by atoms with Crippen LogP contribution in [0.1, 0.15) is 21.6 Å². The molecule has 0 saturated heterocycles. The Balaban J connectivity index is 1.62. The van der Waals surface area contributed by atoms with Crippen LogP contribution < -0.4 is 5.32 Å². The van der Waals surface area contributed by atoms with Gasteiger partial charge in [0.15, 0.2) is 0 Å². The van der Waals surface area contributed by atoms with E-state index in [0.717, 1.165) is 21.3 Å². The minimum atomic E-state index is -0.286. The summed E-state index contributed by atoms with van der Waals surface area (Å²) in [6, 6.07) is 17.7. The van der Waals surface area contributed by atoms with Gasteiger partial charge in [-0.1, -0.05) is 41.9 Å². The molecule has 2 aromatic carbocycles. The second-order valence-electron chi connectivity index (χ2n) is 6.19. The molecule has 0 spiro atoms. The standard InChI is InChI=1S/C21H16ClFN2OS/c22-17-7-2-1-5-15(17)12-24-21(26)19-11-20-18(8-9-27-20)25(19)13-14-4-3-6-16(23)10-14/h1-11H,12-13H2,(H,24,26). The molecular weight excluding hydrogens is 383 g/mol. The van der Waals surface area contributed by atoms with Crippen molar-refractivity contribution < 1.29 is 9.18 Å². The van der Waals surface area contributed by atoms with Crippen molar-refractivity contribution in [1.82, 2.24) is 9.88 Å². The van der Waals surface area contributed by atoms with Gasteiger partial charge in [-0.3, -0.25) is 4.79 Å². The predicted molar refractivity (Wildman–Crippen MR) is 108 cm³/mol. The summed E-state index contributed by atoms with van der Waals surface area (Å²) < 4.78 is 16.5. The first-order valence-corrected chi connectivity index (χ1v) is 9.70. The maximum absolute atomic E-state index is 13.6. The zero-order chi connectivity index (χ0) is 18.8. The number of amides is 1. The lowest BCUT2D eigenvalue weighted by atomic mass is 10.2. The molecule has 136 valence electrons. The molecule has 0 atom stereocenters. The Kier molecular flexibility index (Phi) is 4.97. The summed E-state index contributed by atoms with van der Waals surface area (Å²) in [6.07, 6.45) is 0. The molecule has 2 heterocycles. The minimum absolute atomic E-state index is 0.185. The van der Waals surface area contributed by atoms with Crippen LogP contribution in [0, 0.1) is 5.82 Å². The van der Waals surface area contributed by atoms with Crippen molar-refractivity contribution in [2.75, 3.05) is 0 Å². The van der Waals surface area contributed by atoms with Gasteiger partial charge >= 0.3 is 0 Å².